The van der Waals surface area contributed by atoms with Crippen LogP contribution in [0.25, 0.3) is 0 Å². The van der Waals surface area contributed by atoms with Crippen molar-refractivity contribution in [3.05, 3.63) is 0 Å². The zero-order chi connectivity index (χ0) is 9.85. The normalized spacial score (nSPS) is 54.6. The first-order valence-electron chi connectivity index (χ1n) is 4.72. The summed E-state index contributed by atoms with van der Waals surface area (Å²) in [5.41, 5.74) is 0.0770. The number of halogens is 2. The summed E-state index contributed by atoms with van der Waals surface area (Å²) in [6, 6.07) is 0. The number of rotatable bonds is 1. The van der Waals surface area contributed by atoms with E-state index < -0.39 is 0 Å². The van der Waals surface area contributed by atoms with Gasteiger partial charge in [0.15, 0.2) is 5.78 Å². The first-order valence-corrected chi connectivity index (χ1v) is 6.75. The van der Waals surface area contributed by atoms with Crippen molar-refractivity contribution in [3.63, 3.8) is 0 Å². The summed E-state index contributed by atoms with van der Waals surface area (Å²) in [5.74, 6) is 0.954. The van der Waals surface area contributed by atoms with Gasteiger partial charge in [0, 0.05) is 10.7 Å². The van der Waals surface area contributed by atoms with Gasteiger partial charge in [-0.1, -0.05) is 45.7 Å². The molecule has 0 aromatic heterocycles. The molecule has 0 amide bonds. The number of carbonyl (C=O) groups excluding carboxylic acids is 1. The number of carbonyl (C=O) groups is 1. The molecule has 4 atom stereocenters. The van der Waals surface area contributed by atoms with Gasteiger partial charge in [0.05, 0.1) is 4.83 Å². The lowest BCUT2D eigenvalue weighted by atomic mass is 9.70. The third-order valence-corrected chi connectivity index (χ3v) is 6.68. The van der Waals surface area contributed by atoms with Crippen molar-refractivity contribution >= 4 is 37.6 Å². The van der Waals surface area contributed by atoms with E-state index in [0.29, 0.717) is 11.7 Å². The van der Waals surface area contributed by atoms with Gasteiger partial charge in [0.2, 0.25) is 0 Å². The highest BCUT2D eigenvalue weighted by Gasteiger charge is 2.67. The largest absolute Gasteiger partial charge is 0.298 e. The average Bonchev–Trinajstić information content (AvgIpc) is 2.44. The smallest absolute Gasteiger partial charge is 0.153 e. The average molecular weight is 310 g/mol. The Morgan fingerprint density at radius 1 is 1.54 bits per heavy atom. The minimum atomic E-state index is -0.0880. The van der Waals surface area contributed by atoms with E-state index in [1.165, 1.54) is 6.42 Å². The Kier molecular flexibility index (Phi) is 2.20. The molecule has 74 valence electrons. The first-order chi connectivity index (χ1) is 5.97. The number of fused-ring (bicyclic) bond motifs is 2. The Hall–Kier alpha value is 0.630. The zero-order valence-electron chi connectivity index (χ0n) is 7.94. The Bertz CT molecular complexity index is 266. The van der Waals surface area contributed by atoms with Crippen LogP contribution in [0.2, 0.25) is 0 Å². The molecule has 3 heteroatoms. The molecule has 13 heavy (non-hydrogen) atoms. The Morgan fingerprint density at radius 3 is 2.46 bits per heavy atom. The quantitative estimate of drug-likeness (QED) is 0.680. The van der Waals surface area contributed by atoms with Crippen LogP contribution in [0.15, 0.2) is 0 Å². The third-order valence-electron chi connectivity index (χ3n) is 4.46. The van der Waals surface area contributed by atoms with Gasteiger partial charge in [-0.15, -0.1) is 0 Å². The highest BCUT2D eigenvalue weighted by molar-refractivity contribution is 9.10. The molecule has 0 spiro atoms. The maximum atomic E-state index is 12.0. The van der Waals surface area contributed by atoms with Crippen LogP contribution in [0.5, 0.6) is 0 Å². The van der Waals surface area contributed by atoms with E-state index in [0.717, 1.165) is 11.8 Å². The van der Waals surface area contributed by atoms with Gasteiger partial charge >= 0.3 is 0 Å². The minimum absolute atomic E-state index is 0.0880. The minimum Gasteiger partial charge on any atom is -0.298 e. The van der Waals surface area contributed by atoms with Crippen molar-refractivity contribution in [2.45, 2.75) is 31.5 Å². The Morgan fingerprint density at radius 2 is 2.15 bits per heavy atom. The van der Waals surface area contributed by atoms with Crippen LogP contribution in [0.3, 0.4) is 0 Å². The van der Waals surface area contributed by atoms with Crippen LogP contribution in [-0.4, -0.2) is 15.9 Å². The van der Waals surface area contributed by atoms with Crippen molar-refractivity contribution in [2.24, 2.45) is 16.7 Å². The fraction of sp³-hybridized carbons (Fsp3) is 0.900. The van der Waals surface area contributed by atoms with Gasteiger partial charge in [-0.2, -0.15) is 0 Å². The number of Topliss-reactive ketones (excluding diaryl/α,β-unsaturated/α-hetero) is 1. The number of alkyl halides is 2. The predicted molar refractivity (Wildman–Crippen MR) is 60.5 cm³/mol. The van der Waals surface area contributed by atoms with Crippen LogP contribution in [0.4, 0.5) is 0 Å². The maximum Gasteiger partial charge on any atom is 0.153 e. The molecule has 0 aromatic rings. The molecule has 1 nitrogen and oxygen atoms in total. The van der Waals surface area contributed by atoms with Gasteiger partial charge in [-0.25, -0.2) is 0 Å². The lowest BCUT2D eigenvalue weighted by Crippen LogP contribution is -2.36. The van der Waals surface area contributed by atoms with Crippen molar-refractivity contribution in [1.29, 1.82) is 0 Å². The molecule has 2 fully saturated rings. The summed E-state index contributed by atoms with van der Waals surface area (Å²) in [6.45, 7) is 4.39. The van der Waals surface area contributed by atoms with Gasteiger partial charge in [0.1, 0.15) is 0 Å². The van der Waals surface area contributed by atoms with Crippen LogP contribution in [-0.2, 0) is 4.79 Å². The van der Waals surface area contributed by atoms with Crippen LogP contribution >= 0.6 is 31.9 Å². The number of ketones is 1. The van der Waals surface area contributed by atoms with Gasteiger partial charge in [-0.05, 0) is 24.2 Å². The van der Waals surface area contributed by atoms with Gasteiger partial charge in [-0.3, -0.25) is 4.79 Å². The molecular formula is C10H14Br2O. The molecule has 0 N–H and O–H groups in total. The van der Waals surface area contributed by atoms with Crippen LogP contribution in [0.1, 0.15) is 26.7 Å². The highest BCUT2D eigenvalue weighted by atomic mass is 79.9. The summed E-state index contributed by atoms with van der Waals surface area (Å²) in [4.78, 5) is 12.1. The second kappa shape index (κ2) is 2.82. The van der Waals surface area contributed by atoms with E-state index in [1.54, 1.807) is 0 Å². The molecule has 2 aliphatic carbocycles. The summed E-state index contributed by atoms with van der Waals surface area (Å²) in [6.07, 6.45) is 2.26. The molecule has 0 aromatic carbocycles. The summed E-state index contributed by atoms with van der Waals surface area (Å²) in [7, 11) is 0. The molecular weight excluding hydrogens is 296 g/mol. The first kappa shape index (κ1) is 10.2. The second-order valence-electron chi connectivity index (χ2n) is 4.79. The molecule has 0 radical (unpaired) electrons. The standard InChI is InChI=1S/C10H14Br2O/c1-9-4-3-6(7(12)8(9)13)10(9,2)5-11/h6-7H,3-5H2,1-2H3/t6?,7?,9?,10-/m1/s1. The molecule has 2 rings (SSSR count). The Labute approximate surface area is 95.9 Å². The summed E-state index contributed by atoms with van der Waals surface area (Å²) in [5, 5.41) is 0.939. The molecule has 0 heterocycles. The monoisotopic (exact) mass is 308 g/mol. The highest BCUT2D eigenvalue weighted by Crippen LogP contribution is 2.65. The van der Waals surface area contributed by atoms with Crippen molar-refractivity contribution in [1.82, 2.24) is 0 Å². The third kappa shape index (κ3) is 0.956. The van der Waals surface area contributed by atoms with Crippen LogP contribution < -0.4 is 0 Å². The summed E-state index contributed by atoms with van der Waals surface area (Å²) >= 11 is 7.11. The van der Waals surface area contributed by atoms with Crippen LogP contribution in [0, 0.1) is 16.7 Å². The predicted octanol–water partition coefficient (Wildman–Crippen LogP) is 3.15. The van der Waals surface area contributed by atoms with Gasteiger partial charge in [0.25, 0.3) is 0 Å². The fourth-order valence-corrected chi connectivity index (χ4v) is 5.45. The second-order valence-corrected chi connectivity index (χ2v) is 6.34. The zero-order valence-corrected chi connectivity index (χ0v) is 11.1. The fourth-order valence-electron chi connectivity index (χ4n) is 3.07. The summed E-state index contributed by atoms with van der Waals surface area (Å²) < 4.78 is 0. The van der Waals surface area contributed by atoms with Crippen molar-refractivity contribution in [3.8, 4) is 0 Å². The Balaban J connectivity index is 2.49. The van der Waals surface area contributed by atoms with Crippen molar-refractivity contribution < 1.29 is 4.79 Å². The number of hydrogen-bond acceptors (Lipinski definition) is 1. The topological polar surface area (TPSA) is 17.1 Å². The van der Waals surface area contributed by atoms with Gasteiger partial charge < -0.3 is 0 Å². The molecule has 0 aliphatic heterocycles. The lowest BCUT2D eigenvalue weighted by molar-refractivity contribution is -0.127. The maximum absolute atomic E-state index is 12.0. The number of hydrogen-bond donors (Lipinski definition) is 0. The molecule has 2 saturated carbocycles. The van der Waals surface area contributed by atoms with E-state index in [9.17, 15) is 4.79 Å². The lowest BCUT2D eigenvalue weighted by Gasteiger charge is -2.34. The van der Waals surface area contributed by atoms with E-state index in [1.807, 2.05) is 0 Å². The molecule has 2 bridgehead atoms. The van der Waals surface area contributed by atoms with Crippen molar-refractivity contribution in [2.75, 3.05) is 5.33 Å². The van der Waals surface area contributed by atoms with E-state index in [2.05, 4.69) is 45.7 Å². The van der Waals surface area contributed by atoms with E-state index in [-0.39, 0.29) is 15.7 Å². The molecule has 3 unspecified atom stereocenters. The SMILES string of the molecule is CC12CCC(C(Br)C1=O)[C@@]2(C)CBr. The molecule has 2 aliphatic rings. The van der Waals surface area contributed by atoms with E-state index in [4.69, 9.17) is 0 Å². The molecule has 0 saturated heterocycles. The van der Waals surface area contributed by atoms with E-state index >= 15 is 0 Å².